The van der Waals surface area contributed by atoms with Crippen molar-refractivity contribution in [3.05, 3.63) is 276 Å². The molecule has 2 nitrogen and oxygen atoms in total. The molecule has 10 aromatic carbocycles. The first-order valence-electron chi connectivity index (χ1n) is 34.3. The SMILES string of the molecule is CCCCCCc1ccc(N(c2ccc(CCCCCC)cc2)c2cccc(-c3ccccc3-c3cccc(C(C)(C)c4cccc(-c5ccccc5-c5cccc(N(c6ccc(CCCCCC)cc6)c6ccc(CCCCCC)cc6)c5)c4)c3)c2)cc1. The maximum Gasteiger partial charge on any atom is 0.0467 e. The molecule has 89 heavy (non-hydrogen) atoms. The molecule has 456 valence electrons. The Kier molecular flexibility index (Phi) is 23.2. The molecule has 0 heterocycles. The minimum atomic E-state index is -0.303. The molecule has 2 heteroatoms. The van der Waals surface area contributed by atoms with E-state index >= 15 is 0 Å². The van der Waals surface area contributed by atoms with E-state index in [1.165, 1.54) is 203 Å². The Labute approximate surface area is 536 Å². The molecule has 0 bridgehead atoms. The zero-order chi connectivity index (χ0) is 61.6. The average molecular weight is 1170 g/mol. The third-order valence-electron chi connectivity index (χ3n) is 18.5. The van der Waals surface area contributed by atoms with E-state index in [1.54, 1.807) is 0 Å². The first-order chi connectivity index (χ1) is 43.7. The highest BCUT2D eigenvalue weighted by Gasteiger charge is 2.26. The zero-order valence-electron chi connectivity index (χ0n) is 54.6. The van der Waals surface area contributed by atoms with Gasteiger partial charge in [-0.25, -0.2) is 0 Å². The standard InChI is InChI=1S/C87H98N2/c1-7-11-15-19-31-67-47-55-77(56-48-67)88(78-57-49-68(50-58-78)32-20-16-12-8-2)81-41-29-37-73(65-81)85-45-25-23-43-83(85)71-35-27-39-75(63-71)87(5,6)76-40-28-36-72(64-76)84-44-24-26-46-86(84)74-38-30-42-82(66-74)89(79-59-51-69(52-60-79)33-21-17-13-9-3)80-61-53-70(54-62-80)34-22-18-14-10-4/h23-30,35-66H,7-22,31-34H2,1-6H3. The van der Waals surface area contributed by atoms with Crippen molar-refractivity contribution >= 4 is 34.1 Å². The van der Waals surface area contributed by atoms with Crippen LogP contribution in [-0.4, -0.2) is 0 Å². The van der Waals surface area contributed by atoms with E-state index in [1.807, 2.05) is 0 Å². The molecule has 10 rings (SSSR count). The molecule has 0 amide bonds. The third kappa shape index (κ3) is 16.8. The number of rotatable bonds is 32. The van der Waals surface area contributed by atoms with Crippen molar-refractivity contribution in [1.82, 2.24) is 0 Å². The summed E-state index contributed by atoms with van der Waals surface area (Å²) >= 11 is 0. The van der Waals surface area contributed by atoms with Crippen molar-refractivity contribution in [2.45, 2.75) is 175 Å². The third-order valence-corrected chi connectivity index (χ3v) is 18.5. The van der Waals surface area contributed by atoms with E-state index in [0.29, 0.717) is 0 Å². The maximum atomic E-state index is 2.45. The highest BCUT2D eigenvalue weighted by molar-refractivity contribution is 5.89. The Morgan fingerprint density at radius 1 is 0.236 bits per heavy atom. The van der Waals surface area contributed by atoms with Crippen molar-refractivity contribution in [2.24, 2.45) is 0 Å². The summed E-state index contributed by atoms with van der Waals surface area (Å²) in [4.78, 5) is 4.89. The number of benzene rings is 10. The summed E-state index contributed by atoms with van der Waals surface area (Å²) in [6, 6.07) is 92.3. The highest BCUT2D eigenvalue weighted by Crippen LogP contribution is 2.44. The van der Waals surface area contributed by atoms with E-state index in [0.717, 1.165) is 37.1 Å². The number of anilines is 6. The van der Waals surface area contributed by atoms with Gasteiger partial charge in [0.25, 0.3) is 0 Å². The van der Waals surface area contributed by atoms with E-state index < -0.39 is 0 Å². The first kappa shape index (κ1) is 63.8. The second kappa shape index (κ2) is 32.3. The number of unbranched alkanes of at least 4 members (excludes halogenated alkanes) is 12. The lowest BCUT2D eigenvalue weighted by Crippen LogP contribution is -2.19. The summed E-state index contributed by atoms with van der Waals surface area (Å²) < 4.78 is 0. The lowest BCUT2D eigenvalue weighted by Gasteiger charge is -2.28. The van der Waals surface area contributed by atoms with E-state index in [4.69, 9.17) is 0 Å². The molecule has 0 spiro atoms. The Balaban J connectivity index is 0.931. The second-order valence-corrected chi connectivity index (χ2v) is 25.6. The Hall–Kier alpha value is -8.20. The zero-order valence-corrected chi connectivity index (χ0v) is 54.6. The van der Waals surface area contributed by atoms with E-state index in [2.05, 4.69) is 294 Å². The van der Waals surface area contributed by atoms with Crippen molar-refractivity contribution < 1.29 is 0 Å². The Bertz CT molecular complexity index is 3390. The fourth-order valence-electron chi connectivity index (χ4n) is 13.1. The molecule has 0 aromatic heterocycles. The van der Waals surface area contributed by atoms with Gasteiger partial charge >= 0.3 is 0 Å². The van der Waals surface area contributed by atoms with Crippen molar-refractivity contribution in [3.63, 3.8) is 0 Å². The fourth-order valence-corrected chi connectivity index (χ4v) is 13.1. The van der Waals surface area contributed by atoms with Gasteiger partial charge < -0.3 is 9.80 Å². The largest absolute Gasteiger partial charge is 0.310 e. The normalized spacial score (nSPS) is 11.5. The second-order valence-electron chi connectivity index (χ2n) is 25.6. The van der Waals surface area contributed by atoms with Gasteiger partial charge in [0.05, 0.1) is 0 Å². The topological polar surface area (TPSA) is 6.48 Å². The maximum absolute atomic E-state index is 2.45. The van der Waals surface area contributed by atoms with E-state index in [9.17, 15) is 0 Å². The number of nitrogens with zero attached hydrogens (tertiary/aromatic N) is 2. The van der Waals surface area contributed by atoms with Gasteiger partial charge in [-0.15, -0.1) is 0 Å². The fraction of sp³-hybridized carbons (Fsp3) is 0.310. The Morgan fingerprint density at radius 2 is 0.494 bits per heavy atom. The van der Waals surface area contributed by atoms with Gasteiger partial charge in [-0.1, -0.05) is 288 Å². The van der Waals surface area contributed by atoms with E-state index in [-0.39, 0.29) is 5.41 Å². The highest BCUT2D eigenvalue weighted by atomic mass is 15.1. The van der Waals surface area contributed by atoms with Crippen molar-refractivity contribution in [2.75, 3.05) is 9.80 Å². The Morgan fingerprint density at radius 3 is 0.764 bits per heavy atom. The van der Waals surface area contributed by atoms with Crippen molar-refractivity contribution in [3.8, 4) is 44.5 Å². The molecule has 0 fully saturated rings. The van der Waals surface area contributed by atoms with Gasteiger partial charge in [0.1, 0.15) is 0 Å². The van der Waals surface area contributed by atoms with Crippen LogP contribution in [0.1, 0.15) is 178 Å². The van der Waals surface area contributed by atoms with Crippen LogP contribution in [0.5, 0.6) is 0 Å². The summed E-state index contributed by atoms with van der Waals surface area (Å²) in [5.41, 5.74) is 24.6. The molecule has 0 saturated heterocycles. The molecular formula is C87H98N2. The van der Waals surface area contributed by atoms with Crippen LogP contribution in [0.3, 0.4) is 0 Å². The van der Waals surface area contributed by atoms with Crippen LogP contribution in [0.2, 0.25) is 0 Å². The quantitative estimate of drug-likeness (QED) is 0.0388. The first-order valence-corrected chi connectivity index (χ1v) is 34.3. The van der Waals surface area contributed by atoms with Crippen LogP contribution in [-0.2, 0) is 31.1 Å². The number of hydrogen-bond donors (Lipinski definition) is 0. The monoisotopic (exact) mass is 1170 g/mol. The van der Waals surface area contributed by atoms with Gasteiger partial charge in [-0.3, -0.25) is 0 Å². The van der Waals surface area contributed by atoms with Gasteiger partial charge in [0.15, 0.2) is 0 Å². The van der Waals surface area contributed by atoms with Crippen LogP contribution in [0, 0.1) is 0 Å². The summed E-state index contributed by atoms with van der Waals surface area (Å²) in [6.07, 6.45) is 24.9. The van der Waals surface area contributed by atoms with Crippen LogP contribution >= 0.6 is 0 Å². The van der Waals surface area contributed by atoms with Crippen LogP contribution in [0.15, 0.2) is 243 Å². The number of hydrogen-bond acceptors (Lipinski definition) is 2. The minimum Gasteiger partial charge on any atom is -0.310 e. The molecule has 10 aromatic rings. The van der Waals surface area contributed by atoms with Crippen LogP contribution in [0.4, 0.5) is 34.1 Å². The molecule has 0 saturated carbocycles. The molecule has 0 N–H and O–H groups in total. The molecular weight excluding hydrogens is 1070 g/mol. The minimum absolute atomic E-state index is 0.303. The molecule has 0 aliphatic carbocycles. The summed E-state index contributed by atoms with van der Waals surface area (Å²) in [6.45, 7) is 13.9. The summed E-state index contributed by atoms with van der Waals surface area (Å²) in [5.74, 6) is 0. The predicted molar refractivity (Wildman–Crippen MR) is 388 cm³/mol. The molecule has 0 unspecified atom stereocenters. The lowest BCUT2D eigenvalue weighted by atomic mass is 9.76. The molecule has 0 radical (unpaired) electrons. The smallest absolute Gasteiger partial charge is 0.0467 e. The lowest BCUT2D eigenvalue weighted by molar-refractivity contribution is 0.641. The predicted octanol–water partition coefficient (Wildman–Crippen LogP) is 26.1. The average Bonchev–Trinajstić information content (AvgIpc) is 3.32. The summed E-state index contributed by atoms with van der Waals surface area (Å²) in [5, 5.41) is 0. The summed E-state index contributed by atoms with van der Waals surface area (Å²) in [7, 11) is 0. The van der Waals surface area contributed by atoms with Gasteiger partial charge in [0, 0.05) is 39.5 Å². The van der Waals surface area contributed by atoms with Gasteiger partial charge in [-0.2, -0.15) is 0 Å². The van der Waals surface area contributed by atoms with Crippen LogP contribution < -0.4 is 9.80 Å². The van der Waals surface area contributed by atoms with Crippen LogP contribution in [0.25, 0.3) is 44.5 Å². The van der Waals surface area contributed by atoms with Gasteiger partial charge in [-0.05, 0) is 202 Å². The van der Waals surface area contributed by atoms with Gasteiger partial charge in [0.2, 0.25) is 0 Å². The molecule has 0 aliphatic heterocycles. The number of aryl methyl sites for hydroxylation is 4. The van der Waals surface area contributed by atoms with Crippen molar-refractivity contribution in [1.29, 1.82) is 0 Å². The molecule has 0 aliphatic rings. The molecule has 0 atom stereocenters.